The van der Waals surface area contributed by atoms with Crippen LogP contribution in [0.3, 0.4) is 0 Å². The summed E-state index contributed by atoms with van der Waals surface area (Å²) in [5, 5.41) is 13.2. The van der Waals surface area contributed by atoms with Crippen LogP contribution in [0.15, 0.2) is 21.7 Å². The van der Waals surface area contributed by atoms with E-state index in [4.69, 9.17) is 5.11 Å². The molecule has 0 aromatic carbocycles. The first-order chi connectivity index (χ1) is 7.54. The van der Waals surface area contributed by atoms with Crippen LogP contribution >= 0.6 is 15.9 Å². The van der Waals surface area contributed by atoms with Gasteiger partial charge in [0.1, 0.15) is 10.1 Å². The molecule has 0 amide bonds. The van der Waals surface area contributed by atoms with Gasteiger partial charge in [0.05, 0.1) is 12.6 Å². The SMILES string of the molecule is Cc1cn2nc(Br)cc2c(=O)n1C(C)CO. The quantitative estimate of drug-likeness (QED) is 0.900. The Morgan fingerprint density at radius 1 is 1.62 bits per heavy atom. The number of aryl methyl sites for hydroxylation is 1. The molecule has 2 rings (SSSR count). The third-order valence-electron chi connectivity index (χ3n) is 2.54. The summed E-state index contributed by atoms with van der Waals surface area (Å²) >= 11 is 3.23. The molecule has 1 atom stereocenters. The summed E-state index contributed by atoms with van der Waals surface area (Å²) in [6, 6.07) is 1.44. The van der Waals surface area contributed by atoms with Gasteiger partial charge in [-0.25, -0.2) is 4.52 Å². The number of hydrogen-bond donors (Lipinski definition) is 1. The van der Waals surface area contributed by atoms with E-state index in [0.717, 1.165) is 5.69 Å². The second-order valence-corrected chi connectivity index (χ2v) is 4.59. The van der Waals surface area contributed by atoms with Crippen molar-refractivity contribution in [3.8, 4) is 0 Å². The molecule has 0 aliphatic heterocycles. The van der Waals surface area contributed by atoms with E-state index in [9.17, 15) is 4.79 Å². The van der Waals surface area contributed by atoms with Gasteiger partial charge in [-0.1, -0.05) is 0 Å². The summed E-state index contributed by atoms with van der Waals surface area (Å²) in [5.41, 5.74) is 1.13. The van der Waals surface area contributed by atoms with Crippen molar-refractivity contribution in [2.24, 2.45) is 0 Å². The molecule has 0 aliphatic rings. The molecule has 0 radical (unpaired) electrons. The van der Waals surface area contributed by atoms with E-state index in [0.29, 0.717) is 10.1 Å². The molecule has 86 valence electrons. The number of aliphatic hydroxyl groups is 1. The Morgan fingerprint density at radius 2 is 2.31 bits per heavy atom. The minimum absolute atomic E-state index is 0.0633. The molecule has 0 aliphatic carbocycles. The van der Waals surface area contributed by atoms with Gasteiger partial charge in [-0.05, 0) is 29.8 Å². The van der Waals surface area contributed by atoms with E-state index in [1.165, 1.54) is 0 Å². The summed E-state index contributed by atoms with van der Waals surface area (Å²) in [7, 11) is 0. The van der Waals surface area contributed by atoms with Gasteiger partial charge in [0.25, 0.3) is 5.56 Å². The Morgan fingerprint density at radius 3 is 2.94 bits per heavy atom. The Hall–Kier alpha value is -1.14. The number of hydrogen-bond acceptors (Lipinski definition) is 3. The first kappa shape index (κ1) is 11.3. The second-order valence-electron chi connectivity index (χ2n) is 3.77. The Bertz CT molecular complexity index is 587. The van der Waals surface area contributed by atoms with Crippen molar-refractivity contribution in [2.45, 2.75) is 19.9 Å². The van der Waals surface area contributed by atoms with Crippen molar-refractivity contribution in [2.75, 3.05) is 6.61 Å². The van der Waals surface area contributed by atoms with Crippen LogP contribution in [-0.4, -0.2) is 25.9 Å². The van der Waals surface area contributed by atoms with Crippen LogP contribution in [0.2, 0.25) is 0 Å². The third-order valence-corrected chi connectivity index (χ3v) is 2.93. The highest BCUT2D eigenvalue weighted by molar-refractivity contribution is 9.10. The van der Waals surface area contributed by atoms with Crippen LogP contribution in [-0.2, 0) is 0 Å². The van der Waals surface area contributed by atoms with Gasteiger partial charge in [0, 0.05) is 18.0 Å². The van der Waals surface area contributed by atoms with Gasteiger partial charge in [-0.2, -0.15) is 5.10 Å². The van der Waals surface area contributed by atoms with E-state index < -0.39 is 0 Å². The Kier molecular flexibility index (Phi) is 2.86. The van der Waals surface area contributed by atoms with E-state index in [1.807, 2.05) is 6.92 Å². The van der Waals surface area contributed by atoms with Gasteiger partial charge in [-0.3, -0.25) is 4.79 Å². The van der Waals surface area contributed by atoms with Crippen molar-refractivity contribution >= 4 is 21.4 Å². The molecule has 2 aromatic heterocycles. The van der Waals surface area contributed by atoms with Crippen LogP contribution in [0.25, 0.3) is 5.52 Å². The highest BCUT2D eigenvalue weighted by atomic mass is 79.9. The lowest BCUT2D eigenvalue weighted by Crippen LogP contribution is -2.28. The molecule has 1 unspecified atom stereocenters. The van der Waals surface area contributed by atoms with Crippen LogP contribution in [0.4, 0.5) is 0 Å². The average Bonchev–Trinajstić information content (AvgIpc) is 2.58. The van der Waals surface area contributed by atoms with Gasteiger partial charge in [0.2, 0.25) is 0 Å². The predicted molar refractivity (Wildman–Crippen MR) is 63.7 cm³/mol. The highest BCUT2D eigenvalue weighted by Crippen LogP contribution is 2.12. The normalized spacial score (nSPS) is 13.2. The lowest BCUT2D eigenvalue weighted by atomic mass is 10.3. The lowest BCUT2D eigenvalue weighted by molar-refractivity contribution is 0.234. The van der Waals surface area contributed by atoms with Crippen LogP contribution in [0, 0.1) is 6.92 Å². The van der Waals surface area contributed by atoms with E-state index in [2.05, 4.69) is 21.0 Å². The largest absolute Gasteiger partial charge is 0.394 e. The third kappa shape index (κ3) is 1.68. The fourth-order valence-electron chi connectivity index (χ4n) is 1.77. The number of aromatic nitrogens is 3. The van der Waals surface area contributed by atoms with Crippen molar-refractivity contribution in [3.63, 3.8) is 0 Å². The standard InChI is InChI=1S/C10H12BrN3O2/c1-6-4-13-8(3-9(11)12-13)10(16)14(6)7(2)5-15/h3-4,7,15H,5H2,1-2H3. The highest BCUT2D eigenvalue weighted by Gasteiger charge is 2.13. The minimum Gasteiger partial charge on any atom is -0.394 e. The number of aliphatic hydroxyl groups excluding tert-OH is 1. The predicted octanol–water partition coefficient (Wildman–Crippen LogP) is 1.12. The summed E-state index contributed by atoms with van der Waals surface area (Å²) in [6.45, 7) is 3.56. The molecule has 0 fully saturated rings. The first-order valence-electron chi connectivity index (χ1n) is 4.92. The number of halogens is 1. The van der Waals surface area contributed by atoms with Crippen molar-refractivity contribution in [3.05, 3.63) is 32.9 Å². The van der Waals surface area contributed by atoms with Gasteiger partial charge >= 0.3 is 0 Å². The van der Waals surface area contributed by atoms with Crippen LogP contribution < -0.4 is 5.56 Å². The molecule has 5 nitrogen and oxygen atoms in total. The number of nitrogens with zero attached hydrogens (tertiary/aromatic N) is 3. The van der Waals surface area contributed by atoms with Crippen molar-refractivity contribution in [1.82, 2.24) is 14.2 Å². The monoisotopic (exact) mass is 285 g/mol. The van der Waals surface area contributed by atoms with E-state index >= 15 is 0 Å². The first-order valence-corrected chi connectivity index (χ1v) is 5.71. The topological polar surface area (TPSA) is 59.5 Å². The molecule has 16 heavy (non-hydrogen) atoms. The maximum atomic E-state index is 12.1. The molecule has 0 bridgehead atoms. The van der Waals surface area contributed by atoms with Gasteiger partial charge in [-0.15, -0.1) is 0 Å². The van der Waals surface area contributed by atoms with Gasteiger partial charge in [0.15, 0.2) is 0 Å². The molecule has 0 saturated heterocycles. The van der Waals surface area contributed by atoms with E-state index in [-0.39, 0.29) is 18.2 Å². The van der Waals surface area contributed by atoms with Crippen LogP contribution in [0.5, 0.6) is 0 Å². The summed E-state index contributed by atoms with van der Waals surface area (Å²) < 4.78 is 3.74. The number of fused-ring (bicyclic) bond motifs is 1. The molecular weight excluding hydrogens is 274 g/mol. The zero-order chi connectivity index (χ0) is 11.9. The maximum Gasteiger partial charge on any atom is 0.277 e. The Balaban J connectivity index is 2.80. The fourth-order valence-corrected chi connectivity index (χ4v) is 2.16. The molecule has 1 N–H and O–H groups in total. The zero-order valence-corrected chi connectivity index (χ0v) is 10.6. The molecule has 6 heteroatoms. The lowest BCUT2D eigenvalue weighted by Gasteiger charge is -2.15. The molecular formula is C10H12BrN3O2. The average molecular weight is 286 g/mol. The van der Waals surface area contributed by atoms with Crippen molar-refractivity contribution in [1.29, 1.82) is 0 Å². The van der Waals surface area contributed by atoms with Crippen LogP contribution in [0.1, 0.15) is 18.7 Å². The van der Waals surface area contributed by atoms with Gasteiger partial charge < -0.3 is 9.67 Å². The number of rotatable bonds is 2. The zero-order valence-electron chi connectivity index (χ0n) is 9.01. The molecule has 0 spiro atoms. The molecule has 2 heterocycles. The van der Waals surface area contributed by atoms with Crippen molar-refractivity contribution < 1.29 is 5.11 Å². The second kappa shape index (κ2) is 4.03. The smallest absolute Gasteiger partial charge is 0.277 e. The maximum absolute atomic E-state index is 12.1. The summed E-state index contributed by atoms with van der Waals surface area (Å²) in [4.78, 5) is 12.1. The molecule has 2 aromatic rings. The molecule has 0 saturated carbocycles. The summed E-state index contributed by atoms with van der Waals surface area (Å²) in [6.07, 6.45) is 1.77. The van der Waals surface area contributed by atoms with E-state index in [1.54, 1.807) is 28.3 Å². The Labute approximate surface area is 100 Å². The summed E-state index contributed by atoms with van der Waals surface area (Å²) in [5.74, 6) is 0. The fraction of sp³-hybridized carbons (Fsp3) is 0.400. The minimum atomic E-state index is -0.230.